The van der Waals surface area contributed by atoms with Gasteiger partial charge >= 0.3 is 0 Å². The molecule has 0 atom stereocenters. The van der Waals surface area contributed by atoms with Gasteiger partial charge in [-0.25, -0.2) is 0 Å². The van der Waals surface area contributed by atoms with E-state index in [2.05, 4.69) is 4.98 Å². The van der Waals surface area contributed by atoms with E-state index in [0.29, 0.717) is 16.5 Å². The van der Waals surface area contributed by atoms with Gasteiger partial charge < -0.3 is 9.84 Å². The molecule has 0 aliphatic heterocycles. The van der Waals surface area contributed by atoms with Gasteiger partial charge in [0.05, 0.1) is 19.4 Å². The summed E-state index contributed by atoms with van der Waals surface area (Å²) in [5, 5.41) is 9.11. The Labute approximate surface area is 69.6 Å². The van der Waals surface area contributed by atoms with E-state index in [0.717, 1.165) is 0 Å². The predicted octanol–water partition coefficient (Wildman–Crippen LogP) is 1.24. The number of aromatic nitrogens is 1. The Morgan fingerprint density at radius 2 is 2.45 bits per heavy atom. The van der Waals surface area contributed by atoms with Crippen LogP contribution in [0.2, 0.25) is 5.02 Å². The molecule has 1 rings (SSSR count). The highest BCUT2D eigenvalue weighted by Crippen LogP contribution is 2.25. The first-order chi connectivity index (χ1) is 5.29. The Morgan fingerprint density at radius 1 is 1.73 bits per heavy atom. The molecule has 1 aromatic rings. The summed E-state index contributed by atoms with van der Waals surface area (Å²) in [4.78, 5) is 3.84. The van der Waals surface area contributed by atoms with E-state index in [-0.39, 0.29) is 6.61 Å². The number of methoxy groups -OCH3 is 1. The van der Waals surface area contributed by atoms with Crippen LogP contribution >= 0.6 is 11.6 Å². The second kappa shape index (κ2) is 3.55. The summed E-state index contributed by atoms with van der Waals surface area (Å²) >= 11 is 5.76. The molecule has 1 heterocycles. The fraction of sp³-hybridized carbons (Fsp3) is 0.286. The summed E-state index contributed by atoms with van der Waals surface area (Å²) in [7, 11) is 1.52. The number of nitrogens with zero attached hydrogens (tertiary/aromatic N) is 1. The number of pyridine rings is 1. The maximum Gasteiger partial charge on any atom is 0.140 e. The normalized spacial score (nSPS) is 9.73. The minimum atomic E-state index is -0.171. The summed E-state index contributed by atoms with van der Waals surface area (Å²) in [5.74, 6) is 0.533. The highest BCUT2D eigenvalue weighted by atomic mass is 35.5. The van der Waals surface area contributed by atoms with Crippen molar-refractivity contribution in [3.8, 4) is 5.75 Å². The van der Waals surface area contributed by atoms with Gasteiger partial charge in [-0.15, -0.1) is 0 Å². The zero-order valence-electron chi connectivity index (χ0n) is 6.04. The van der Waals surface area contributed by atoms with Crippen molar-refractivity contribution in [3.63, 3.8) is 0 Å². The molecule has 0 aromatic carbocycles. The van der Waals surface area contributed by atoms with Gasteiger partial charge in [0.1, 0.15) is 10.8 Å². The number of hydrogen-bond donors (Lipinski definition) is 1. The molecule has 0 aliphatic carbocycles. The van der Waals surface area contributed by atoms with E-state index in [4.69, 9.17) is 21.4 Å². The zero-order chi connectivity index (χ0) is 8.27. The van der Waals surface area contributed by atoms with E-state index < -0.39 is 0 Å². The predicted molar refractivity (Wildman–Crippen MR) is 41.7 cm³/mol. The molecule has 0 saturated carbocycles. The Kier molecular flexibility index (Phi) is 2.68. The maximum absolute atomic E-state index is 8.74. The average Bonchev–Trinajstić information content (AvgIpc) is 2.05. The Bertz CT molecular complexity index is 230. The average molecular weight is 174 g/mol. The molecule has 0 radical (unpaired) electrons. The fourth-order valence-corrected chi connectivity index (χ4v) is 0.984. The van der Waals surface area contributed by atoms with Gasteiger partial charge in [0.15, 0.2) is 0 Å². The van der Waals surface area contributed by atoms with Crippen molar-refractivity contribution < 1.29 is 9.84 Å². The molecule has 4 heteroatoms. The van der Waals surface area contributed by atoms with Crippen LogP contribution in [0.1, 0.15) is 5.69 Å². The molecule has 0 amide bonds. The number of rotatable bonds is 2. The van der Waals surface area contributed by atoms with Crippen molar-refractivity contribution in [3.05, 3.63) is 23.0 Å². The van der Waals surface area contributed by atoms with E-state index in [1.807, 2.05) is 0 Å². The van der Waals surface area contributed by atoms with E-state index in [1.165, 1.54) is 13.3 Å². The van der Waals surface area contributed by atoms with Crippen molar-refractivity contribution in [2.45, 2.75) is 6.61 Å². The molecule has 0 aliphatic rings. The second-order valence-electron chi connectivity index (χ2n) is 1.93. The topological polar surface area (TPSA) is 42.4 Å². The highest BCUT2D eigenvalue weighted by molar-refractivity contribution is 6.32. The first-order valence-electron chi connectivity index (χ1n) is 3.07. The van der Waals surface area contributed by atoms with Crippen LogP contribution in [0.3, 0.4) is 0 Å². The highest BCUT2D eigenvalue weighted by Gasteiger charge is 2.05. The van der Waals surface area contributed by atoms with Gasteiger partial charge in [0.2, 0.25) is 0 Å². The van der Waals surface area contributed by atoms with Gasteiger partial charge in [-0.05, 0) is 0 Å². The van der Waals surface area contributed by atoms with Crippen LogP contribution < -0.4 is 4.74 Å². The third kappa shape index (κ3) is 1.61. The number of hydrogen-bond acceptors (Lipinski definition) is 3. The van der Waals surface area contributed by atoms with Gasteiger partial charge in [0.25, 0.3) is 0 Å². The smallest absolute Gasteiger partial charge is 0.140 e. The summed E-state index contributed by atoms with van der Waals surface area (Å²) in [6.45, 7) is -0.171. The Hall–Kier alpha value is -0.800. The molecule has 0 spiro atoms. The third-order valence-corrected chi connectivity index (χ3v) is 1.70. The summed E-state index contributed by atoms with van der Waals surface area (Å²) in [6, 6.07) is 1.64. The van der Waals surface area contributed by atoms with Crippen LogP contribution in [0.15, 0.2) is 12.3 Å². The van der Waals surface area contributed by atoms with E-state index >= 15 is 0 Å². The molecule has 60 valence electrons. The number of aliphatic hydroxyl groups excluding tert-OH is 1. The lowest BCUT2D eigenvalue weighted by Gasteiger charge is -2.04. The molecule has 1 aromatic heterocycles. The Morgan fingerprint density at radius 3 is 3.00 bits per heavy atom. The number of halogens is 1. The molecule has 0 fully saturated rings. The Balaban J connectivity index is 3.10. The van der Waals surface area contributed by atoms with Crippen molar-refractivity contribution in [1.82, 2.24) is 4.98 Å². The lowest BCUT2D eigenvalue weighted by molar-refractivity contribution is 0.276. The summed E-state index contributed by atoms with van der Waals surface area (Å²) < 4.78 is 4.90. The van der Waals surface area contributed by atoms with E-state index in [1.54, 1.807) is 6.07 Å². The van der Waals surface area contributed by atoms with E-state index in [9.17, 15) is 0 Å². The monoisotopic (exact) mass is 173 g/mol. The van der Waals surface area contributed by atoms with Gasteiger partial charge in [-0.2, -0.15) is 0 Å². The van der Waals surface area contributed by atoms with Crippen LogP contribution in [-0.2, 0) is 6.61 Å². The van der Waals surface area contributed by atoms with Gasteiger partial charge in [-0.3, -0.25) is 4.98 Å². The molecule has 3 nitrogen and oxygen atoms in total. The van der Waals surface area contributed by atoms with Crippen molar-refractivity contribution in [2.75, 3.05) is 7.11 Å². The minimum absolute atomic E-state index is 0.171. The molecule has 1 N–H and O–H groups in total. The quantitative estimate of drug-likeness (QED) is 0.732. The molecule has 0 bridgehead atoms. The van der Waals surface area contributed by atoms with Crippen LogP contribution in [0, 0.1) is 0 Å². The summed E-state index contributed by atoms with van der Waals surface area (Å²) in [5.41, 5.74) is 0.436. The van der Waals surface area contributed by atoms with Crippen molar-refractivity contribution in [2.24, 2.45) is 0 Å². The molecule has 0 saturated heterocycles. The first kappa shape index (κ1) is 8.30. The lowest BCUT2D eigenvalue weighted by Crippen LogP contribution is -1.93. The van der Waals surface area contributed by atoms with Crippen LogP contribution in [0.5, 0.6) is 5.75 Å². The standard InChI is InChI=1S/C7H8ClNO2/c1-11-6-2-3-9-5(4-10)7(6)8/h2-3,10H,4H2,1H3. The van der Waals surface area contributed by atoms with Gasteiger partial charge in [-0.1, -0.05) is 11.6 Å². The first-order valence-corrected chi connectivity index (χ1v) is 3.45. The third-order valence-electron chi connectivity index (χ3n) is 1.30. The number of aliphatic hydroxyl groups is 1. The van der Waals surface area contributed by atoms with Crippen LogP contribution in [-0.4, -0.2) is 17.2 Å². The minimum Gasteiger partial charge on any atom is -0.495 e. The number of ether oxygens (including phenoxy) is 1. The van der Waals surface area contributed by atoms with Crippen molar-refractivity contribution in [1.29, 1.82) is 0 Å². The summed E-state index contributed by atoms with van der Waals surface area (Å²) in [6.07, 6.45) is 1.54. The molecular formula is C7H8ClNO2. The van der Waals surface area contributed by atoms with Crippen molar-refractivity contribution >= 4 is 11.6 Å². The zero-order valence-corrected chi connectivity index (χ0v) is 6.80. The van der Waals surface area contributed by atoms with Crippen LogP contribution in [0.25, 0.3) is 0 Å². The maximum atomic E-state index is 8.74. The molecular weight excluding hydrogens is 166 g/mol. The molecule has 11 heavy (non-hydrogen) atoms. The lowest BCUT2D eigenvalue weighted by atomic mass is 10.3. The largest absolute Gasteiger partial charge is 0.495 e. The van der Waals surface area contributed by atoms with Gasteiger partial charge in [0, 0.05) is 12.3 Å². The van der Waals surface area contributed by atoms with Crippen LogP contribution in [0.4, 0.5) is 0 Å². The molecule has 0 unspecified atom stereocenters. The fourth-order valence-electron chi connectivity index (χ4n) is 0.735. The SMILES string of the molecule is COc1ccnc(CO)c1Cl. The second-order valence-corrected chi connectivity index (χ2v) is 2.31.